The van der Waals surface area contributed by atoms with Gasteiger partial charge in [-0.15, -0.1) is 0 Å². The summed E-state index contributed by atoms with van der Waals surface area (Å²) in [5.41, 5.74) is 0.786. The molecule has 1 aromatic carbocycles. The third-order valence-corrected chi connectivity index (χ3v) is 1.99. The van der Waals surface area contributed by atoms with E-state index in [1.165, 1.54) is 0 Å². The third-order valence-electron chi connectivity index (χ3n) is 1.99. The van der Waals surface area contributed by atoms with Gasteiger partial charge in [-0.05, 0) is 12.5 Å². The van der Waals surface area contributed by atoms with Crippen LogP contribution in [0.4, 0.5) is 0 Å². The highest BCUT2D eigenvalue weighted by Crippen LogP contribution is 2.15. The summed E-state index contributed by atoms with van der Waals surface area (Å²) in [6.07, 6.45) is 0. The molecular weight excluding hydrogens is 180 g/mol. The number of carbonyl (C=O) groups is 1. The Labute approximate surface area is 83.3 Å². The molecule has 0 bridgehead atoms. The van der Waals surface area contributed by atoms with Crippen LogP contribution in [0.1, 0.15) is 18.4 Å². The van der Waals surface area contributed by atoms with Gasteiger partial charge in [0.25, 0.3) is 0 Å². The van der Waals surface area contributed by atoms with Crippen LogP contribution in [0.15, 0.2) is 30.3 Å². The highest BCUT2D eigenvalue weighted by atomic mass is 16.5. The van der Waals surface area contributed by atoms with Gasteiger partial charge in [0.2, 0.25) is 0 Å². The zero-order valence-corrected chi connectivity index (χ0v) is 8.14. The Morgan fingerprint density at radius 1 is 1.43 bits per heavy atom. The lowest BCUT2D eigenvalue weighted by Crippen LogP contribution is -2.17. The van der Waals surface area contributed by atoms with E-state index in [0.717, 1.165) is 5.56 Å². The average molecular weight is 194 g/mol. The minimum Gasteiger partial charge on any atom is -0.481 e. The second-order valence-corrected chi connectivity index (χ2v) is 2.96. The van der Waals surface area contributed by atoms with Crippen LogP contribution in [0.2, 0.25) is 0 Å². The van der Waals surface area contributed by atoms with Gasteiger partial charge in [0, 0.05) is 6.61 Å². The van der Waals surface area contributed by atoms with Crippen LogP contribution in [0.3, 0.4) is 0 Å². The Hall–Kier alpha value is -1.35. The summed E-state index contributed by atoms with van der Waals surface area (Å²) in [4.78, 5) is 10.9. The molecule has 0 saturated carbocycles. The van der Waals surface area contributed by atoms with Crippen molar-refractivity contribution in [3.8, 4) is 0 Å². The molecule has 0 radical (unpaired) electrons. The molecule has 0 amide bonds. The van der Waals surface area contributed by atoms with E-state index in [4.69, 9.17) is 9.84 Å². The third kappa shape index (κ3) is 2.85. The monoisotopic (exact) mass is 194 g/mol. The predicted octanol–water partition coefficient (Wildman–Crippen LogP) is 1.89. The maximum absolute atomic E-state index is 10.9. The zero-order chi connectivity index (χ0) is 10.4. The van der Waals surface area contributed by atoms with E-state index in [1.807, 2.05) is 25.1 Å². The number of rotatable bonds is 5. The Bertz CT molecular complexity index is 282. The van der Waals surface area contributed by atoms with Crippen molar-refractivity contribution in [2.24, 2.45) is 0 Å². The lowest BCUT2D eigenvalue weighted by atomic mass is 10.0. The van der Waals surface area contributed by atoms with Gasteiger partial charge in [0.15, 0.2) is 0 Å². The molecule has 1 aromatic rings. The summed E-state index contributed by atoms with van der Waals surface area (Å²) >= 11 is 0. The lowest BCUT2D eigenvalue weighted by molar-refractivity contribution is -0.140. The smallest absolute Gasteiger partial charge is 0.313 e. The number of carboxylic acids is 1. The van der Waals surface area contributed by atoms with Crippen LogP contribution >= 0.6 is 0 Å². The van der Waals surface area contributed by atoms with Crippen LogP contribution in [0, 0.1) is 0 Å². The molecule has 1 rings (SSSR count). The first kappa shape index (κ1) is 10.7. The first-order valence-corrected chi connectivity index (χ1v) is 4.61. The number of benzene rings is 1. The molecule has 0 aliphatic rings. The van der Waals surface area contributed by atoms with E-state index >= 15 is 0 Å². The second kappa shape index (κ2) is 5.40. The minimum atomic E-state index is -0.843. The summed E-state index contributed by atoms with van der Waals surface area (Å²) in [5.74, 6) is -1.40. The summed E-state index contributed by atoms with van der Waals surface area (Å²) < 4.78 is 5.13. The fourth-order valence-corrected chi connectivity index (χ4v) is 1.23. The van der Waals surface area contributed by atoms with E-state index in [0.29, 0.717) is 6.61 Å². The van der Waals surface area contributed by atoms with Crippen molar-refractivity contribution in [1.29, 1.82) is 0 Å². The molecule has 1 N–H and O–H groups in total. The van der Waals surface area contributed by atoms with Crippen molar-refractivity contribution in [3.05, 3.63) is 35.9 Å². The molecule has 0 heterocycles. The standard InChI is InChI=1S/C11H14O3/c1-2-14-8-10(11(12)13)9-6-4-3-5-7-9/h3-7,10H,2,8H2,1H3,(H,12,13). The molecule has 76 valence electrons. The summed E-state index contributed by atoms with van der Waals surface area (Å²) in [6, 6.07) is 9.13. The number of hydrogen-bond acceptors (Lipinski definition) is 2. The van der Waals surface area contributed by atoms with E-state index < -0.39 is 11.9 Å². The van der Waals surface area contributed by atoms with Crippen molar-refractivity contribution in [2.45, 2.75) is 12.8 Å². The molecule has 1 unspecified atom stereocenters. The maximum atomic E-state index is 10.9. The maximum Gasteiger partial charge on any atom is 0.313 e. The zero-order valence-electron chi connectivity index (χ0n) is 8.14. The number of aliphatic carboxylic acids is 1. The normalized spacial score (nSPS) is 12.4. The molecule has 3 heteroatoms. The van der Waals surface area contributed by atoms with Crippen LogP contribution in [-0.2, 0) is 9.53 Å². The lowest BCUT2D eigenvalue weighted by Gasteiger charge is -2.11. The Morgan fingerprint density at radius 3 is 2.57 bits per heavy atom. The van der Waals surface area contributed by atoms with Crippen molar-refractivity contribution in [2.75, 3.05) is 13.2 Å². The van der Waals surface area contributed by atoms with Crippen molar-refractivity contribution in [1.82, 2.24) is 0 Å². The molecule has 0 aliphatic carbocycles. The van der Waals surface area contributed by atoms with Crippen LogP contribution in [0.5, 0.6) is 0 Å². The molecule has 0 spiro atoms. The van der Waals surface area contributed by atoms with Gasteiger partial charge in [0.1, 0.15) is 5.92 Å². The van der Waals surface area contributed by atoms with Gasteiger partial charge in [-0.1, -0.05) is 30.3 Å². The topological polar surface area (TPSA) is 46.5 Å². The van der Waals surface area contributed by atoms with Crippen LogP contribution < -0.4 is 0 Å². The first-order valence-electron chi connectivity index (χ1n) is 4.61. The van der Waals surface area contributed by atoms with Crippen LogP contribution in [0.25, 0.3) is 0 Å². The molecule has 0 aliphatic heterocycles. The minimum absolute atomic E-state index is 0.232. The van der Waals surface area contributed by atoms with Crippen molar-refractivity contribution >= 4 is 5.97 Å². The SMILES string of the molecule is CCOCC(C(=O)O)c1ccccc1. The summed E-state index contributed by atoms with van der Waals surface area (Å²) in [7, 11) is 0. The second-order valence-electron chi connectivity index (χ2n) is 2.96. The summed E-state index contributed by atoms with van der Waals surface area (Å²) in [5, 5.41) is 8.97. The van der Waals surface area contributed by atoms with Gasteiger partial charge in [-0.25, -0.2) is 0 Å². The fraction of sp³-hybridized carbons (Fsp3) is 0.364. The Morgan fingerprint density at radius 2 is 2.07 bits per heavy atom. The first-order chi connectivity index (χ1) is 6.75. The molecular formula is C11H14O3. The average Bonchev–Trinajstić information content (AvgIpc) is 2.19. The van der Waals surface area contributed by atoms with E-state index in [2.05, 4.69) is 0 Å². The van der Waals surface area contributed by atoms with Gasteiger partial charge < -0.3 is 9.84 Å². The van der Waals surface area contributed by atoms with E-state index in [1.54, 1.807) is 12.1 Å². The number of ether oxygens (including phenoxy) is 1. The molecule has 1 atom stereocenters. The molecule has 3 nitrogen and oxygen atoms in total. The van der Waals surface area contributed by atoms with Gasteiger partial charge in [-0.3, -0.25) is 4.79 Å². The highest BCUT2D eigenvalue weighted by molar-refractivity contribution is 5.76. The van der Waals surface area contributed by atoms with Gasteiger partial charge in [-0.2, -0.15) is 0 Å². The van der Waals surface area contributed by atoms with Crippen molar-refractivity contribution in [3.63, 3.8) is 0 Å². The molecule has 0 fully saturated rings. The van der Waals surface area contributed by atoms with Gasteiger partial charge >= 0.3 is 5.97 Å². The van der Waals surface area contributed by atoms with Crippen LogP contribution in [-0.4, -0.2) is 24.3 Å². The Kier molecular flexibility index (Phi) is 4.13. The van der Waals surface area contributed by atoms with E-state index in [-0.39, 0.29) is 6.61 Å². The molecule has 0 saturated heterocycles. The summed E-state index contributed by atoms with van der Waals surface area (Å²) in [6.45, 7) is 2.62. The largest absolute Gasteiger partial charge is 0.481 e. The number of hydrogen-bond donors (Lipinski definition) is 1. The fourth-order valence-electron chi connectivity index (χ4n) is 1.23. The predicted molar refractivity (Wildman–Crippen MR) is 53.3 cm³/mol. The molecule has 0 aromatic heterocycles. The quantitative estimate of drug-likeness (QED) is 0.778. The van der Waals surface area contributed by atoms with E-state index in [9.17, 15) is 4.79 Å². The number of carboxylic acid groups (broad SMARTS) is 1. The molecule has 14 heavy (non-hydrogen) atoms. The highest BCUT2D eigenvalue weighted by Gasteiger charge is 2.19. The van der Waals surface area contributed by atoms with Crippen molar-refractivity contribution < 1.29 is 14.6 Å². The van der Waals surface area contributed by atoms with Gasteiger partial charge in [0.05, 0.1) is 6.61 Å². The Balaban J connectivity index is 2.73.